The second-order valence-electron chi connectivity index (χ2n) is 9.86. The standard InChI is InChI=1S/C27H45N3OSi/c1-5-7-9-10-11-15-23-17-18-25(30-29-23)24-16-14-21-28-26(24)31-32-22-13-12-20-27(3,4)19-8-6-2/h14,16-18,21H,5-13,15,19-20,22,32H2,1-4H3. The number of pyridine rings is 1. The first-order valence-electron chi connectivity index (χ1n) is 13.0. The van der Waals surface area contributed by atoms with Crippen LogP contribution in [-0.2, 0) is 6.42 Å². The van der Waals surface area contributed by atoms with E-state index in [-0.39, 0.29) is 0 Å². The van der Waals surface area contributed by atoms with Gasteiger partial charge >= 0.3 is 0 Å². The van der Waals surface area contributed by atoms with Crippen molar-refractivity contribution in [2.75, 3.05) is 0 Å². The Morgan fingerprint density at radius 2 is 1.62 bits per heavy atom. The van der Waals surface area contributed by atoms with E-state index in [9.17, 15) is 0 Å². The zero-order chi connectivity index (χ0) is 23.1. The normalized spacial score (nSPS) is 12.0. The Labute approximate surface area is 198 Å². The van der Waals surface area contributed by atoms with Gasteiger partial charge in [0.05, 0.1) is 17.0 Å². The summed E-state index contributed by atoms with van der Waals surface area (Å²) in [4.78, 5) is 4.49. The predicted molar refractivity (Wildman–Crippen MR) is 139 cm³/mol. The minimum atomic E-state index is -0.630. The van der Waals surface area contributed by atoms with Crippen molar-refractivity contribution >= 4 is 9.76 Å². The minimum absolute atomic E-state index is 0.479. The number of aryl methyl sites for hydroxylation is 1. The molecule has 2 aromatic heterocycles. The molecule has 0 aromatic carbocycles. The van der Waals surface area contributed by atoms with Gasteiger partial charge in [-0.2, -0.15) is 10.2 Å². The average Bonchev–Trinajstić information content (AvgIpc) is 2.80. The van der Waals surface area contributed by atoms with Gasteiger partial charge in [-0.3, -0.25) is 0 Å². The zero-order valence-corrected chi connectivity index (χ0v) is 22.5. The van der Waals surface area contributed by atoms with E-state index in [2.05, 4.69) is 55.0 Å². The van der Waals surface area contributed by atoms with Crippen LogP contribution in [0.1, 0.15) is 104 Å². The predicted octanol–water partition coefficient (Wildman–Crippen LogP) is 7.32. The van der Waals surface area contributed by atoms with Crippen molar-refractivity contribution in [3.8, 4) is 17.1 Å². The van der Waals surface area contributed by atoms with Crippen LogP contribution in [0.2, 0.25) is 6.04 Å². The molecule has 32 heavy (non-hydrogen) atoms. The van der Waals surface area contributed by atoms with Crippen LogP contribution in [0, 0.1) is 5.41 Å². The number of hydrogen-bond donors (Lipinski definition) is 0. The molecule has 0 saturated heterocycles. The summed E-state index contributed by atoms with van der Waals surface area (Å²) < 4.78 is 6.18. The van der Waals surface area contributed by atoms with Crippen LogP contribution in [0.3, 0.4) is 0 Å². The van der Waals surface area contributed by atoms with Gasteiger partial charge in [0.25, 0.3) is 0 Å². The van der Waals surface area contributed by atoms with Gasteiger partial charge in [0, 0.05) is 6.20 Å². The van der Waals surface area contributed by atoms with Gasteiger partial charge in [-0.05, 0) is 61.4 Å². The molecule has 0 aliphatic carbocycles. The highest BCUT2D eigenvalue weighted by atomic mass is 28.2. The number of rotatable bonds is 17. The largest absolute Gasteiger partial charge is 0.536 e. The van der Waals surface area contributed by atoms with E-state index in [0.717, 1.165) is 29.3 Å². The van der Waals surface area contributed by atoms with Crippen molar-refractivity contribution in [3.05, 3.63) is 36.2 Å². The van der Waals surface area contributed by atoms with Gasteiger partial charge in [0.15, 0.2) is 0 Å². The zero-order valence-electron chi connectivity index (χ0n) is 21.0. The summed E-state index contributed by atoms with van der Waals surface area (Å²) in [5.74, 6) is 0.726. The first-order chi connectivity index (χ1) is 15.6. The first-order valence-corrected chi connectivity index (χ1v) is 14.5. The Morgan fingerprint density at radius 1 is 0.844 bits per heavy atom. The Bertz CT molecular complexity index is 749. The Kier molecular flexibility index (Phi) is 12.5. The first kappa shape index (κ1) is 26.5. The van der Waals surface area contributed by atoms with Crippen LogP contribution in [0.15, 0.2) is 30.5 Å². The quantitative estimate of drug-likeness (QED) is 0.185. The maximum atomic E-state index is 6.18. The van der Waals surface area contributed by atoms with Gasteiger partial charge in [0.1, 0.15) is 0 Å². The van der Waals surface area contributed by atoms with Crippen LogP contribution in [0.5, 0.6) is 5.88 Å². The highest BCUT2D eigenvalue weighted by Crippen LogP contribution is 2.30. The Morgan fingerprint density at radius 3 is 2.38 bits per heavy atom. The van der Waals surface area contributed by atoms with Crippen LogP contribution in [0.4, 0.5) is 0 Å². The lowest BCUT2D eigenvalue weighted by Crippen LogP contribution is -2.11. The number of unbranched alkanes of at least 4 members (excludes halogenated alkanes) is 6. The van der Waals surface area contributed by atoms with Gasteiger partial charge in [0.2, 0.25) is 15.6 Å². The van der Waals surface area contributed by atoms with Crippen molar-refractivity contribution in [1.82, 2.24) is 15.2 Å². The van der Waals surface area contributed by atoms with E-state index in [1.165, 1.54) is 76.7 Å². The summed E-state index contributed by atoms with van der Waals surface area (Å²) in [6.07, 6.45) is 17.1. The van der Waals surface area contributed by atoms with E-state index in [1.54, 1.807) is 0 Å². The maximum absolute atomic E-state index is 6.18. The fraction of sp³-hybridized carbons (Fsp3) is 0.667. The third-order valence-electron chi connectivity index (χ3n) is 6.25. The average molecular weight is 456 g/mol. The second-order valence-corrected chi connectivity index (χ2v) is 11.3. The molecule has 0 aliphatic heterocycles. The molecule has 0 bridgehead atoms. The Balaban J connectivity index is 1.77. The van der Waals surface area contributed by atoms with Crippen LogP contribution < -0.4 is 4.43 Å². The number of aromatic nitrogens is 3. The number of hydrogen-bond acceptors (Lipinski definition) is 4. The van der Waals surface area contributed by atoms with E-state index < -0.39 is 9.76 Å². The molecular weight excluding hydrogens is 410 g/mol. The molecule has 178 valence electrons. The molecule has 0 unspecified atom stereocenters. The smallest absolute Gasteiger partial charge is 0.221 e. The minimum Gasteiger partial charge on any atom is -0.536 e. The molecule has 0 atom stereocenters. The molecule has 5 heteroatoms. The molecule has 0 saturated carbocycles. The van der Waals surface area contributed by atoms with Crippen molar-refractivity contribution < 1.29 is 4.43 Å². The molecule has 2 aromatic rings. The lowest BCUT2D eigenvalue weighted by Gasteiger charge is -2.24. The highest BCUT2D eigenvalue weighted by Gasteiger charge is 2.16. The van der Waals surface area contributed by atoms with Gasteiger partial charge in [-0.1, -0.05) is 79.1 Å². The van der Waals surface area contributed by atoms with E-state index >= 15 is 0 Å². The summed E-state index contributed by atoms with van der Waals surface area (Å²) in [5, 5.41) is 8.94. The van der Waals surface area contributed by atoms with Crippen molar-refractivity contribution in [2.24, 2.45) is 5.41 Å². The maximum Gasteiger partial charge on any atom is 0.221 e. The molecule has 0 spiro atoms. The number of nitrogens with zero attached hydrogens (tertiary/aromatic N) is 3. The molecule has 0 aliphatic rings. The molecule has 2 heterocycles. The molecule has 0 radical (unpaired) electrons. The molecule has 0 amide bonds. The third kappa shape index (κ3) is 10.2. The topological polar surface area (TPSA) is 47.9 Å². The summed E-state index contributed by atoms with van der Waals surface area (Å²) in [6, 6.07) is 9.37. The lowest BCUT2D eigenvalue weighted by molar-refractivity contribution is 0.288. The fourth-order valence-electron chi connectivity index (χ4n) is 4.08. The summed E-state index contributed by atoms with van der Waals surface area (Å²) in [6.45, 7) is 9.35. The van der Waals surface area contributed by atoms with E-state index in [4.69, 9.17) is 4.43 Å². The Hall–Kier alpha value is -1.75. The van der Waals surface area contributed by atoms with Crippen molar-refractivity contribution in [3.63, 3.8) is 0 Å². The third-order valence-corrected chi connectivity index (χ3v) is 7.51. The molecule has 0 fully saturated rings. The van der Waals surface area contributed by atoms with Crippen molar-refractivity contribution in [1.29, 1.82) is 0 Å². The highest BCUT2D eigenvalue weighted by molar-refractivity contribution is 6.28. The lowest BCUT2D eigenvalue weighted by atomic mass is 9.82. The fourth-order valence-corrected chi connectivity index (χ4v) is 5.20. The molecule has 4 nitrogen and oxygen atoms in total. The summed E-state index contributed by atoms with van der Waals surface area (Å²) in [5.41, 5.74) is 3.37. The van der Waals surface area contributed by atoms with Crippen LogP contribution in [-0.4, -0.2) is 24.9 Å². The summed E-state index contributed by atoms with van der Waals surface area (Å²) >= 11 is 0. The summed E-state index contributed by atoms with van der Waals surface area (Å²) in [7, 11) is -0.630. The van der Waals surface area contributed by atoms with E-state index in [1.807, 2.05) is 18.3 Å². The molecule has 2 rings (SSSR count). The molecule has 0 N–H and O–H groups in total. The second kappa shape index (κ2) is 15.1. The van der Waals surface area contributed by atoms with Crippen LogP contribution in [0.25, 0.3) is 11.3 Å². The van der Waals surface area contributed by atoms with Crippen LogP contribution >= 0.6 is 0 Å². The van der Waals surface area contributed by atoms with Gasteiger partial charge < -0.3 is 4.43 Å². The SMILES string of the molecule is CCCCCCCc1ccc(-c2cccnc2O[SiH2]CCCCC(C)(C)CCCC)nn1. The molecular formula is C27H45N3OSi. The van der Waals surface area contributed by atoms with Gasteiger partial charge in [-0.25, -0.2) is 4.98 Å². The van der Waals surface area contributed by atoms with Gasteiger partial charge in [-0.15, -0.1) is 0 Å². The monoisotopic (exact) mass is 455 g/mol. The van der Waals surface area contributed by atoms with E-state index in [0.29, 0.717) is 5.41 Å². The van der Waals surface area contributed by atoms with Crippen molar-refractivity contribution in [2.45, 2.75) is 111 Å².